The van der Waals surface area contributed by atoms with Gasteiger partial charge in [0.25, 0.3) is 0 Å². The zero-order valence-corrected chi connectivity index (χ0v) is 7.22. The highest BCUT2D eigenvalue weighted by Gasteiger charge is 2.08. The van der Waals surface area contributed by atoms with E-state index in [1.807, 2.05) is 20.0 Å². The van der Waals surface area contributed by atoms with Crippen molar-refractivity contribution < 1.29 is 4.52 Å². The number of nitrogens with one attached hydrogen (secondary N) is 1. The lowest BCUT2D eigenvalue weighted by Gasteiger charge is -2.02. The van der Waals surface area contributed by atoms with Gasteiger partial charge in [0.2, 0.25) is 0 Å². The third-order valence-corrected chi connectivity index (χ3v) is 1.80. The second kappa shape index (κ2) is 3.53. The molecule has 1 N–H and O–H groups in total. The molecule has 1 unspecified atom stereocenters. The van der Waals surface area contributed by atoms with E-state index >= 15 is 0 Å². The fourth-order valence-corrected chi connectivity index (χ4v) is 0.841. The van der Waals surface area contributed by atoms with Crippen LogP contribution in [0, 0.1) is 0 Å². The monoisotopic (exact) mass is 154 g/mol. The summed E-state index contributed by atoms with van der Waals surface area (Å²) >= 11 is 0. The number of hydrogen-bond acceptors (Lipinski definition) is 3. The van der Waals surface area contributed by atoms with Crippen molar-refractivity contribution in [2.75, 3.05) is 7.05 Å². The Kier molecular flexibility index (Phi) is 2.65. The van der Waals surface area contributed by atoms with E-state index in [4.69, 9.17) is 4.52 Å². The molecule has 0 spiro atoms. The number of aromatic nitrogens is 1. The first-order valence-electron chi connectivity index (χ1n) is 3.90. The lowest BCUT2D eigenvalue weighted by molar-refractivity contribution is 0.350. The average Bonchev–Trinajstić information content (AvgIpc) is 2.50. The summed E-state index contributed by atoms with van der Waals surface area (Å²) in [6.45, 7) is 4.10. The van der Waals surface area contributed by atoms with Crippen LogP contribution >= 0.6 is 0 Å². The maximum atomic E-state index is 5.10. The minimum absolute atomic E-state index is 0.253. The van der Waals surface area contributed by atoms with Gasteiger partial charge in [-0.25, -0.2) is 0 Å². The average molecular weight is 154 g/mol. The first kappa shape index (κ1) is 8.27. The Bertz CT molecular complexity index is 220. The minimum atomic E-state index is 0.253. The normalized spacial score (nSPS) is 13.4. The first-order chi connectivity index (χ1) is 5.27. The summed E-state index contributed by atoms with van der Waals surface area (Å²) < 4.78 is 5.10. The van der Waals surface area contributed by atoms with Gasteiger partial charge in [-0.1, -0.05) is 12.1 Å². The summed E-state index contributed by atoms with van der Waals surface area (Å²) in [4.78, 5) is 0. The zero-order valence-electron chi connectivity index (χ0n) is 7.22. The largest absolute Gasteiger partial charge is 0.359 e. The van der Waals surface area contributed by atoms with Gasteiger partial charge in [-0.3, -0.25) is 0 Å². The quantitative estimate of drug-likeness (QED) is 0.717. The molecular formula is C8H14N2O. The van der Waals surface area contributed by atoms with Gasteiger partial charge in [0.05, 0.1) is 11.7 Å². The van der Waals surface area contributed by atoms with Crippen LogP contribution in [0.2, 0.25) is 0 Å². The zero-order chi connectivity index (χ0) is 8.27. The molecular weight excluding hydrogens is 140 g/mol. The van der Waals surface area contributed by atoms with Gasteiger partial charge in [0.15, 0.2) is 5.76 Å². The first-order valence-corrected chi connectivity index (χ1v) is 3.90. The van der Waals surface area contributed by atoms with Crippen LogP contribution in [0.1, 0.15) is 31.3 Å². The van der Waals surface area contributed by atoms with Crippen LogP contribution in [0.15, 0.2) is 10.6 Å². The van der Waals surface area contributed by atoms with E-state index in [9.17, 15) is 0 Å². The Morgan fingerprint density at radius 1 is 1.73 bits per heavy atom. The van der Waals surface area contributed by atoms with Crippen LogP contribution in [-0.2, 0) is 6.42 Å². The van der Waals surface area contributed by atoms with Gasteiger partial charge in [0, 0.05) is 6.07 Å². The summed E-state index contributed by atoms with van der Waals surface area (Å²) in [5.74, 6) is 0.907. The van der Waals surface area contributed by atoms with Crippen LogP contribution in [0.3, 0.4) is 0 Å². The topological polar surface area (TPSA) is 38.1 Å². The van der Waals surface area contributed by atoms with Crippen molar-refractivity contribution in [3.05, 3.63) is 17.5 Å². The Morgan fingerprint density at radius 2 is 2.45 bits per heavy atom. The highest BCUT2D eigenvalue weighted by atomic mass is 16.5. The molecule has 0 aliphatic heterocycles. The van der Waals surface area contributed by atoms with Crippen molar-refractivity contribution in [1.29, 1.82) is 0 Å². The maximum Gasteiger partial charge on any atom is 0.153 e. The van der Waals surface area contributed by atoms with Crippen molar-refractivity contribution >= 4 is 0 Å². The summed E-state index contributed by atoms with van der Waals surface area (Å²) in [6.07, 6.45) is 0.930. The molecule has 1 heterocycles. The smallest absolute Gasteiger partial charge is 0.153 e. The molecule has 3 nitrogen and oxygen atoms in total. The lowest BCUT2D eigenvalue weighted by Crippen LogP contribution is -2.11. The highest BCUT2D eigenvalue weighted by molar-refractivity contribution is 5.08. The number of aryl methyl sites for hydroxylation is 1. The molecule has 0 aromatic carbocycles. The molecule has 62 valence electrons. The Labute approximate surface area is 66.8 Å². The van der Waals surface area contributed by atoms with Crippen molar-refractivity contribution in [3.8, 4) is 0 Å². The molecule has 0 aliphatic carbocycles. The molecule has 1 aromatic heterocycles. The van der Waals surface area contributed by atoms with Crippen LogP contribution in [-0.4, -0.2) is 12.2 Å². The molecule has 11 heavy (non-hydrogen) atoms. The second-order valence-electron chi connectivity index (χ2n) is 2.58. The number of hydrogen-bond donors (Lipinski definition) is 1. The predicted molar refractivity (Wildman–Crippen MR) is 43.4 cm³/mol. The minimum Gasteiger partial charge on any atom is -0.359 e. The molecule has 0 aliphatic rings. The molecule has 0 saturated heterocycles. The Balaban J connectivity index is 2.71. The van der Waals surface area contributed by atoms with Crippen LogP contribution < -0.4 is 5.32 Å². The van der Waals surface area contributed by atoms with Crippen LogP contribution in [0.4, 0.5) is 0 Å². The van der Waals surface area contributed by atoms with Gasteiger partial charge in [-0.15, -0.1) is 0 Å². The lowest BCUT2D eigenvalue weighted by atomic mass is 10.2. The molecule has 0 bridgehead atoms. The van der Waals surface area contributed by atoms with Crippen LogP contribution in [0.25, 0.3) is 0 Å². The van der Waals surface area contributed by atoms with E-state index in [0.29, 0.717) is 0 Å². The summed E-state index contributed by atoms with van der Waals surface area (Å²) in [5.41, 5.74) is 1.02. The summed E-state index contributed by atoms with van der Waals surface area (Å²) in [5, 5.41) is 6.97. The maximum absolute atomic E-state index is 5.10. The van der Waals surface area contributed by atoms with Crippen molar-refractivity contribution in [2.45, 2.75) is 26.3 Å². The van der Waals surface area contributed by atoms with Gasteiger partial charge in [-0.05, 0) is 20.4 Å². The molecule has 0 saturated carbocycles. The molecule has 1 atom stereocenters. The van der Waals surface area contributed by atoms with Gasteiger partial charge < -0.3 is 9.84 Å². The van der Waals surface area contributed by atoms with E-state index in [1.165, 1.54) is 0 Å². The van der Waals surface area contributed by atoms with Gasteiger partial charge in [0.1, 0.15) is 0 Å². The van der Waals surface area contributed by atoms with Crippen molar-refractivity contribution in [1.82, 2.24) is 10.5 Å². The molecule has 1 aromatic rings. The fraction of sp³-hybridized carbons (Fsp3) is 0.625. The highest BCUT2D eigenvalue weighted by Crippen LogP contribution is 2.12. The summed E-state index contributed by atoms with van der Waals surface area (Å²) in [6, 6.07) is 2.24. The Hall–Kier alpha value is -0.830. The molecule has 1 rings (SSSR count). The van der Waals surface area contributed by atoms with E-state index in [-0.39, 0.29) is 6.04 Å². The third-order valence-electron chi connectivity index (χ3n) is 1.80. The second-order valence-corrected chi connectivity index (χ2v) is 2.58. The van der Waals surface area contributed by atoms with Crippen molar-refractivity contribution in [3.63, 3.8) is 0 Å². The molecule has 0 amide bonds. The third kappa shape index (κ3) is 1.80. The van der Waals surface area contributed by atoms with E-state index < -0.39 is 0 Å². The number of nitrogens with zero attached hydrogens (tertiary/aromatic N) is 1. The summed E-state index contributed by atoms with van der Waals surface area (Å²) in [7, 11) is 1.90. The Morgan fingerprint density at radius 3 is 2.91 bits per heavy atom. The van der Waals surface area contributed by atoms with E-state index in [1.54, 1.807) is 0 Å². The SMILES string of the molecule is CCc1cc(C(C)NC)on1. The fourth-order valence-electron chi connectivity index (χ4n) is 0.841. The van der Waals surface area contributed by atoms with E-state index in [2.05, 4.69) is 17.4 Å². The van der Waals surface area contributed by atoms with Crippen LogP contribution in [0.5, 0.6) is 0 Å². The van der Waals surface area contributed by atoms with Gasteiger partial charge in [-0.2, -0.15) is 0 Å². The predicted octanol–water partition coefficient (Wildman–Crippen LogP) is 1.52. The standard InChI is InChI=1S/C8H14N2O/c1-4-7-5-8(11-10-7)6(2)9-3/h5-6,9H,4H2,1-3H3. The molecule has 3 heteroatoms. The van der Waals surface area contributed by atoms with Gasteiger partial charge >= 0.3 is 0 Å². The molecule has 0 fully saturated rings. The van der Waals surface area contributed by atoms with Crippen molar-refractivity contribution in [2.24, 2.45) is 0 Å². The molecule has 0 radical (unpaired) electrons. The number of rotatable bonds is 3. The van der Waals surface area contributed by atoms with E-state index in [0.717, 1.165) is 17.9 Å².